The molecule has 0 amide bonds. The number of hydrogen-bond donors (Lipinski definition) is 0. The Bertz CT molecular complexity index is 959. The van der Waals surface area contributed by atoms with Crippen LogP contribution in [-0.2, 0) is 17.8 Å². The number of aryl methyl sites for hydroxylation is 1. The molecule has 0 saturated carbocycles. The SMILES string of the molecule is CCOCCCn1c(SCCCCCn2cccn2)nc2ccc(Br)cc2c1=O. The predicted octanol–water partition coefficient (Wildman–Crippen LogP) is 4.74. The molecule has 2 aromatic heterocycles. The molecular formula is C21H27BrN4O2S. The zero-order valence-corrected chi connectivity index (χ0v) is 19.1. The van der Waals surface area contributed by atoms with E-state index in [9.17, 15) is 4.79 Å². The summed E-state index contributed by atoms with van der Waals surface area (Å²) in [5, 5.41) is 5.68. The lowest BCUT2D eigenvalue weighted by molar-refractivity contribution is 0.140. The van der Waals surface area contributed by atoms with Crippen molar-refractivity contribution in [3.05, 3.63) is 51.5 Å². The Balaban J connectivity index is 1.64. The summed E-state index contributed by atoms with van der Waals surface area (Å²) in [7, 11) is 0. The van der Waals surface area contributed by atoms with E-state index in [1.165, 1.54) is 0 Å². The van der Waals surface area contributed by atoms with Gasteiger partial charge in [-0.05, 0) is 50.5 Å². The van der Waals surface area contributed by atoms with Crippen LogP contribution in [0, 0.1) is 0 Å². The quantitative estimate of drug-likeness (QED) is 0.213. The van der Waals surface area contributed by atoms with Gasteiger partial charge in [0.15, 0.2) is 5.16 Å². The summed E-state index contributed by atoms with van der Waals surface area (Å²) < 4.78 is 10.1. The average molecular weight is 479 g/mol. The van der Waals surface area contributed by atoms with Crippen molar-refractivity contribution in [2.24, 2.45) is 0 Å². The third kappa shape index (κ3) is 6.42. The van der Waals surface area contributed by atoms with E-state index >= 15 is 0 Å². The first-order valence-electron chi connectivity index (χ1n) is 10.1. The van der Waals surface area contributed by atoms with Gasteiger partial charge in [-0.2, -0.15) is 5.10 Å². The molecule has 0 N–H and O–H groups in total. The molecule has 0 saturated heterocycles. The molecule has 0 bridgehead atoms. The van der Waals surface area contributed by atoms with Crippen molar-refractivity contribution in [2.45, 2.75) is 50.9 Å². The second-order valence-corrected chi connectivity index (χ2v) is 8.72. The van der Waals surface area contributed by atoms with Crippen LogP contribution >= 0.6 is 27.7 Å². The minimum atomic E-state index is 0.0222. The third-order valence-electron chi connectivity index (χ3n) is 4.58. The molecule has 8 heteroatoms. The van der Waals surface area contributed by atoms with E-state index in [0.717, 1.165) is 53.1 Å². The molecule has 0 aliphatic rings. The van der Waals surface area contributed by atoms with Crippen LogP contribution < -0.4 is 5.56 Å². The molecule has 0 atom stereocenters. The van der Waals surface area contributed by atoms with Gasteiger partial charge < -0.3 is 4.74 Å². The molecule has 1 aromatic carbocycles. The highest BCUT2D eigenvalue weighted by molar-refractivity contribution is 9.10. The number of unbranched alkanes of at least 4 members (excludes halogenated alkanes) is 2. The van der Waals surface area contributed by atoms with E-state index in [4.69, 9.17) is 9.72 Å². The van der Waals surface area contributed by atoms with Crippen molar-refractivity contribution >= 4 is 38.6 Å². The van der Waals surface area contributed by atoms with Crippen LogP contribution in [0.3, 0.4) is 0 Å². The van der Waals surface area contributed by atoms with E-state index in [1.807, 2.05) is 52.8 Å². The molecule has 2 heterocycles. The van der Waals surface area contributed by atoms with Gasteiger partial charge >= 0.3 is 0 Å². The molecule has 0 fully saturated rings. The van der Waals surface area contributed by atoms with Crippen LogP contribution in [0.15, 0.2) is 51.1 Å². The Morgan fingerprint density at radius 2 is 2.07 bits per heavy atom. The van der Waals surface area contributed by atoms with Crippen molar-refractivity contribution in [3.63, 3.8) is 0 Å². The summed E-state index contributed by atoms with van der Waals surface area (Å²) in [6.07, 6.45) is 7.91. The normalized spacial score (nSPS) is 11.4. The minimum absolute atomic E-state index is 0.0222. The summed E-state index contributed by atoms with van der Waals surface area (Å²) in [5.74, 6) is 0.943. The molecule has 0 spiro atoms. The first-order valence-corrected chi connectivity index (χ1v) is 11.8. The number of hydrogen-bond acceptors (Lipinski definition) is 5. The van der Waals surface area contributed by atoms with E-state index < -0.39 is 0 Å². The largest absolute Gasteiger partial charge is 0.382 e. The highest BCUT2D eigenvalue weighted by atomic mass is 79.9. The maximum absolute atomic E-state index is 13.1. The van der Waals surface area contributed by atoms with Gasteiger partial charge in [-0.25, -0.2) is 4.98 Å². The first-order chi connectivity index (χ1) is 14.2. The lowest BCUT2D eigenvalue weighted by atomic mass is 10.2. The Morgan fingerprint density at radius 3 is 2.86 bits per heavy atom. The number of aromatic nitrogens is 4. The molecule has 29 heavy (non-hydrogen) atoms. The standard InChI is InChI=1S/C21H27BrN4O2S/c1-2-28-14-7-13-26-20(27)18-16-17(22)8-9-19(18)24-21(26)29-15-5-3-4-11-25-12-6-10-23-25/h6,8-10,12,16H,2-5,7,11,13-15H2,1H3. The minimum Gasteiger partial charge on any atom is -0.382 e. The van der Waals surface area contributed by atoms with Crippen LogP contribution in [0.25, 0.3) is 10.9 Å². The van der Waals surface area contributed by atoms with Crippen molar-refractivity contribution in [3.8, 4) is 0 Å². The number of benzene rings is 1. The van der Waals surface area contributed by atoms with Gasteiger partial charge in [0.25, 0.3) is 5.56 Å². The Kier molecular flexibility index (Phi) is 8.76. The Morgan fingerprint density at radius 1 is 1.17 bits per heavy atom. The van der Waals surface area contributed by atoms with Gasteiger partial charge in [-0.1, -0.05) is 34.1 Å². The maximum atomic E-state index is 13.1. The lowest BCUT2D eigenvalue weighted by Crippen LogP contribution is -2.24. The van der Waals surface area contributed by atoms with Gasteiger partial charge in [-0.3, -0.25) is 14.0 Å². The van der Waals surface area contributed by atoms with Crippen LogP contribution in [0.1, 0.15) is 32.6 Å². The van der Waals surface area contributed by atoms with E-state index in [0.29, 0.717) is 25.1 Å². The van der Waals surface area contributed by atoms with Crippen LogP contribution in [0.2, 0.25) is 0 Å². The van der Waals surface area contributed by atoms with Gasteiger partial charge in [-0.15, -0.1) is 0 Å². The third-order valence-corrected chi connectivity index (χ3v) is 6.13. The fourth-order valence-corrected chi connectivity index (χ4v) is 4.48. The fourth-order valence-electron chi connectivity index (χ4n) is 3.10. The number of rotatable bonds is 12. The smallest absolute Gasteiger partial charge is 0.262 e. The molecule has 3 aromatic rings. The first kappa shape index (κ1) is 22.1. The summed E-state index contributed by atoms with van der Waals surface area (Å²) in [6, 6.07) is 7.63. The number of ether oxygens (including phenoxy) is 1. The Labute approximate surface area is 183 Å². The number of fused-ring (bicyclic) bond motifs is 1. The molecular weight excluding hydrogens is 452 g/mol. The van der Waals surface area contributed by atoms with Crippen molar-refractivity contribution in [1.82, 2.24) is 19.3 Å². The summed E-state index contributed by atoms with van der Waals surface area (Å²) in [5.41, 5.74) is 0.773. The zero-order chi connectivity index (χ0) is 20.5. The Hall–Kier alpha value is -1.64. The van der Waals surface area contributed by atoms with Crippen LogP contribution in [0.5, 0.6) is 0 Å². The van der Waals surface area contributed by atoms with Crippen LogP contribution in [-0.4, -0.2) is 38.3 Å². The topological polar surface area (TPSA) is 61.9 Å². The van der Waals surface area contributed by atoms with Crippen molar-refractivity contribution in [2.75, 3.05) is 19.0 Å². The summed E-state index contributed by atoms with van der Waals surface area (Å²) in [6.45, 7) is 4.89. The monoisotopic (exact) mass is 478 g/mol. The highest BCUT2D eigenvalue weighted by Crippen LogP contribution is 2.22. The predicted molar refractivity (Wildman–Crippen MR) is 122 cm³/mol. The van der Waals surface area contributed by atoms with Crippen molar-refractivity contribution in [1.29, 1.82) is 0 Å². The molecule has 0 radical (unpaired) electrons. The highest BCUT2D eigenvalue weighted by Gasteiger charge is 2.12. The second-order valence-electron chi connectivity index (χ2n) is 6.74. The van der Waals surface area contributed by atoms with Crippen molar-refractivity contribution < 1.29 is 4.74 Å². The number of halogens is 1. The molecule has 156 valence electrons. The molecule has 0 aliphatic heterocycles. The van der Waals surface area contributed by atoms with E-state index in [-0.39, 0.29) is 5.56 Å². The zero-order valence-electron chi connectivity index (χ0n) is 16.7. The lowest BCUT2D eigenvalue weighted by Gasteiger charge is -2.13. The molecule has 0 aliphatic carbocycles. The van der Waals surface area contributed by atoms with E-state index in [2.05, 4.69) is 21.0 Å². The number of thioether (sulfide) groups is 1. The molecule has 0 unspecified atom stereocenters. The van der Waals surface area contributed by atoms with Gasteiger partial charge in [0.1, 0.15) is 0 Å². The van der Waals surface area contributed by atoms with Gasteiger partial charge in [0, 0.05) is 48.9 Å². The summed E-state index contributed by atoms with van der Waals surface area (Å²) in [4.78, 5) is 17.9. The average Bonchev–Trinajstić information content (AvgIpc) is 3.23. The molecule has 6 nitrogen and oxygen atoms in total. The second kappa shape index (κ2) is 11.5. The molecule has 3 rings (SSSR count). The van der Waals surface area contributed by atoms with Gasteiger partial charge in [0.05, 0.1) is 10.9 Å². The number of nitrogens with zero attached hydrogens (tertiary/aromatic N) is 4. The maximum Gasteiger partial charge on any atom is 0.262 e. The van der Waals surface area contributed by atoms with Crippen LogP contribution in [0.4, 0.5) is 0 Å². The van der Waals surface area contributed by atoms with E-state index in [1.54, 1.807) is 11.8 Å². The fraction of sp³-hybridized carbons (Fsp3) is 0.476. The summed E-state index contributed by atoms with van der Waals surface area (Å²) >= 11 is 5.12. The van der Waals surface area contributed by atoms with Gasteiger partial charge in [0.2, 0.25) is 0 Å².